The summed E-state index contributed by atoms with van der Waals surface area (Å²) in [4.78, 5) is 36.7. The summed E-state index contributed by atoms with van der Waals surface area (Å²) in [5.41, 5.74) is 0.545. The molecule has 0 aromatic heterocycles. The van der Waals surface area contributed by atoms with Gasteiger partial charge in [0.2, 0.25) is 0 Å². The number of esters is 3. The molecule has 3 N–H and O–H groups in total. The van der Waals surface area contributed by atoms with Crippen molar-refractivity contribution in [2.75, 3.05) is 0 Å². The van der Waals surface area contributed by atoms with Crippen LogP contribution in [-0.4, -0.2) is 69.5 Å². The lowest BCUT2D eigenvalue weighted by Crippen LogP contribution is -2.59. The van der Waals surface area contributed by atoms with E-state index in [0.29, 0.717) is 18.4 Å². The minimum atomic E-state index is -0.223. The van der Waals surface area contributed by atoms with Crippen LogP contribution in [0, 0.1) is 0 Å². The third kappa shape index (κ3) is 17.2. The SMILES string of the molecule is CC1(C)CC(OC(=O)CCCCCCCCC(=O)OC2CC(C)(C)NC(C)(C)C2)CC(C)(C)N1.CC1(C)CC(OC(=O)c2ccccc2)CC(C)(C)N1. The second-order valence-electron chi connectivity index (χ2n) is 20.1. The zero-order chi connectivity index (χ0) is 39.7. The van der Waals surface area contributed by atoms with Crippen LogP contribution in [-0.2, 0) is 23.8 Å². The number of rotatable bonds is 13. The third-order valence-electron chi connectivity index (χ3n) is 10.3. The Morgan fingerprint density at radius 1 is 0.472 bits per heavy atom. The number of nitrogens with one attached hydrogen (secondary N) is 3. The maximum Gasteiger partial charge on any atom is 0.338 e. The number of unbranched alkanes of at least 4 members (excludes halogenated alkanes) is 5. The molecule has 1 aromatic rings. The van der Waals surface area contributed by atoms with Crippen LogP contribution >= 0.6 is 0 Å². The lowest BCUT2D eigenvalue weighted by atomic mass is 9.81. The largest absolute Gasteiger partial charge is 0.462 e. The van der Waals surface area contributed by atoms with Gasteiger partial charge in [0.25, 0.3) is 0 Å². The van der Waals surface area contributed by atoms with Gasteiger partial charge in [0, 0.05) is 84.6 Å². The van der Waals surface area contributed by atoms with E-state index >= 15 is 0 Å². The highest BCUT2D eigenvalue weighted by Crippen LogP contribution is 2.33. The van der Waals surface area contributed by atoms with Gasteiger partial charge in [-0.3, -0.25) is 9.59 Å². The lowest BCUT2D eigenvalue weighted by Gasteiger charge is -2.46. The van der Waals surface area contributed by atoms with Crippen LogP contribution in [0.1, 0.15) is 183 Å². The minimum Gasteiger partial charge on any atom is -0.462 e. The molecule has 0 radical (unpaired) electrons. The van der Waals surface area contributed by atoms with Crippen LogP contribution in [0.25, 0.3) is 0 Å². The molecule has 302 valence electrons. The predicted octanol–water partition coefficient (Wildman–Crippen LogP) is 8.96. The maximum absolute atomic E-state index is 12.3. The molecule has 0 saturated carbocycles. The number of benzene rings is 1. The zero-order valence-electron chi connectivity index (χ0n) is 35.5. The molecule has 0 spiro atoms. The Bertz CT molecular complexity index is 1230. The second-order valence-corrected chi connectivity index (χ2v) is 20.1. The quantitative estimate of drug-likeness (QED) is 0.104. The standard InChI is InChI=1S/C28H52N2O4.C16H23NO2/c1-25(2)17-21(18-26(3,4)29-25)33-23(31)15-13-11-9-10-12-14-16-24(32)34-22-19-27(5,6)30-28(7,8)20-22;1-15(2)10-13(11-16(3,4)17-15)19-14(18)12-8-6-5-7-9-12/h21-22,29-30H,9-20H2,1-8H3;5-9,13,17H,10-11H2,1-4H3. The first-order valence-electron chi connectivity index (χ1n) is 20.4. The van der Waals surface area contributed by atoms with E-state index in [9.17, 15) is 14.4 Å². The first kappa shape index (κ1) is 44.9. The first-order chi connectivity index (χ1) is 24.3. The molecule has 1 aromatic carbocycles. The van der Waals surface area contributed by atoms with Gasteiger partial charge >= 0.3 is 17.9 Å². The molecule has 0 atom stereocenters. The molecule has 3 saturated heterocycles. The molecular formula is C44H75N3O6. The average molecular weight is 742 g/mol. The summed E-state index contributed by atoms with van der Waals surface area (Å²) in [6, 6.07) is 9.19. The van der Waals surface area contributed by atoms with Crippen molar-refractivity contribution in [2.24, 2.45) is 0 Å². The van der Waals surface area contributed by atoms with E-state index in [0.717, 1.165) is 77.0 Å². The topological polar surface area (TPSA) is 115 Å². The Kier molecular flexibility index (Phi) is 15.6. The Morgan fingerprint density at radius 3 is 1.08 bits per heavy atom. The van der Waals surface area contributed by atoms with Crippen molar-refractivity contribution >= 4 is 17.9 Å². The molecule has 9 heteroatoms. The summed E-state index contributed by atoms with van der Waals surface area (Å²) in [5.74, 6) is -0.352. The fourth-order valence-corrected chi connectivity index (χ4v) is 9.46. The number of hydrogen-bond acceptors (Lipinski definition) is 9. The highest BCUT2D eigenvalue weighted by atomic mass is 16.6. The van der Waals surface area contributed by atoms with Crippen molar-refractivity contribution in [2.45, 2.75) is 225 Å². The molecule has 0 unspecified atom stereocenters. The number of ether oxygens (including phenoxy) is 3. The number of piperidine rings is 3. The number of carbonyl (C=O) groups excluding carboxylic acids is 3. The summed E-state index contributed by atoms with van der Waals surface area (Å²) in [6.07, 6.45) is 12.1. The van der Waals surface area contributed by atoms with Crippen molar-refractivity contribution in [1.82, 2.24) is 16.0 Å². The number of hydrogen-bond donors (Lipinski definition) is 3. The van der Waals surface area contributed by atoms with E-state index in [-0.39, 0.29) is 69.5 Å². The van der Waals surface area contributed by atoms with E-state index in [2.05, 4.69) is 99.0 Å². The normalized spacial score (nSPS) is 23.2. The van der Waals surface area contributed by atoms with E-state index < -0.39 is 0 Å². The van der Waals surface area contributed by atoms with E-state index in [4.69, 9.17) is 14.2 Å². The molecule has 53 heavy (non-hydrogen) atoms. The van der Waals surface area contributed by atoms with Crippen molar-refractivity contribution in [3.05, 3.63) is 35.9 Å². The van der Waals surface area contributed by atoms with Gasteiger partial charge < -0.3 is 30.2 Å². The fourth-order valence-electron chi connectivity index (χ4n) is 9.46. The molecule has 3 aliphatic rings. The van der Waals surface area contributed by atoms with Crippen LogP contribution in [0.15, 0.2) is 30.3 Å². The number of carbonyl (C=O) groups is 3. The van der Waals surface area contributed by atoms with Crippen molar-refractivity contribution in [3.63, 3.8) is 0 Å². The summed E-state index contributed by atoms with van der Waals surface area (Å²) >= 11 is 0. The Labute approximate surface area is 322 Å². The smallest absolute Gasteiger partial charge is 0.338 e. The van der Waals surface area contributed by atoms with E-state index in [1.165, 1.54) is 0 Å². The summed E-state index contributed by atoms with van der Waals surface area (Å²) in [6.45, 7) is 26.0. The van der Waals surface area contributed by atoms with Gasteiger partial charge in [-0.2, -0.15) is 0 Å². The molecular weight excluding hydrogens is 666 g/mol. The van der Waals surface area contributed by atoms with Crippen LogP contribution in [0.2, 0.25) is 0 Å². The molecule has 0 amide bonds. The van der Waals surface area contributed by atoms with Crippen molar-refractivity contribution in [1.29, 1.82) is 0 Å². The van der Waals surface area contributed by atoms with Gasteiger partial charge in [-0.15, -0.1) is 0 Å². The van der Waals surface area contributed by atoms with Crippen LogP contribution in [0.4, 0.5) is 0 Å². The Hall–Kier alpha value is -2.49. The molecule has 4 rings (SSSR count). The predicted molar refractivity (Wildman–Crippen MR) is 214 cm³/mol. The molecule has 9 nitrogen and oxygen atoms in total. The lowest BCUT2D eigenvalue weighted by molar-refractivity contribution is -0.154. The van der Waals surface area contributed by atoms with Crippen molar-refractivity contribution < 1.29 is 28.6 Å². The summed E-state index contributed by atoms with van der Waals surface area (Å²) in [7, 11) is 0. The molecule has 3 heterocycles. The monoisotopic (exact) mass is 742 g/mol. The second kappa shape index (κ2) is 18.4. The highest BCUT2D eigenvalue weighted by molar-refractivity contribution is 5.89. The Balaban J connectivity index is 0.000000334. The average Bonchev–Trinajstić information content (AvgIpc) is 2.94. The van der Waals surface area contributed by atoms with Gasteiger partial charge in [-0.1, -0.05) is 43.9 Å². The van der Waals surface area contributed by atoms with Gasteiger partial charge in [0.1, 0.15) is 18.3 Å². The van der Waals surface area contributed by atoms with Crippen LogP contribution < -0.4 is 16.0 Å². The minimum absolute atomic E-state index is 0.000484. The zero-order valence-corrected chi connectivity index (χ0v) is 35.5. The molecule has 0 bridgehead atoms. The van der Waals surface area contributed by atoms with Gasteiger partial charge in [0.15, 0.2) is 0 Å². The highest BCUT2D eigenvalue weighted by Gasteiger charge is 2.41. The van der Waals surface area contributed by atoms with Gasteiger partial charge in [0.05, 0.1) is 5.56 Å². The first-order valence-corrected chi connectivity index (χ1v) is 20.4. The van der Waals surface area contributed by atoms with Crippen molar-refractivity contribution in [3.8, 4) is 0 Å². The van der Waals surface area contributed by atoms with Crippen LogP contribution in [0.5, 0.6) is 0 Å². The fraction of sp³-hybridized carbons (Fsp3) is 0.795. The van der Waals surface area contributed by atoms with Crippen LogP contribution in [0.3, 0.4) is 0 Å². The van der Waals surface area contributed by atoms with E-state index in [1.54, 1.807) is 12.1 Å². The molecule has 3 fully saturated rings. The summed E-state index contributed by atoms with van der Waals surface area (Å²) < 4.78 is 17.2. The summed E-state index contributed by atoms with van der Waals surface area (Å²) in [5, 5.41) is 10.8. The Morgan fingerprint density at radius 2 is 0.755 bits per heavy atom. The van der Waals surface area contributed by atoms with E-state index in [1.807, 2.05) is 18.2 Å². The molecule has 0 aliphatic carbocycles. The third-order valence-corrected chi connectivity index (χ3v) is 10.3. The molecule has 3 aliphatic heterocycles. The van der Waals surface area contributed by atoms with Gasteiger partial charge in [-0.25, -0.2) is 4.79 Å². The maximum atomic E-state index is 12.3. The van der Waals surface area contributed by atoms with Gasteiger partial charge in [-0.05, 0) is 108 Å².